The summed E-state index contributed by atoms with van der Waals surface area (Å²) >= 11 is 0. The van der Waals surface area contributed by atoms with Gasteiger partial charge in [0.2, 0.25) is 0 Å². The fourth-order valence-corrected chi connectivity index (χ4v) is 2.36. The molecule has 2 aromatic rings. The second kappa shape index (κ2) is 7.68. The van der Waals surface area contributed by atoms with E-state index < -0.39 is 6.16 Å². The number of ether oxygens (including phenoxy) is 3. The molecule has 23 heavy (non-hydrogen) atoms. The zero-order chi connectivity index (χ0) is 16.8. The molecule has 0 saturated carbocycles. The molecule has 0 unspecified atom stereocenters. The zero-order valence-electron chi connectivity index (χ0n) is 14.0. The van der Waals surface area contributed by atoms with E-state index in [4.69, 9.17) is 9.47 Å². The largest absolute Gasteiger partial charge is 0.513 e. The summed E-state index contributed by atoms with van der Waals surface area (Å²) in [4.78, 5) is 11.4. The van der Waals surface area contributed by atoms with E-state index in [9.17, 15) is 4.79 Å². The summed E-state index contributed by atoms with van der Waals surface area (Å²) in [5.41, 5.74) is 4.20. The number of benzene rings is 2. The van der Waals surface area contributed by atoms with E-state index in [1.807, 2.05) is 31.2 Å². The molecule has 0 heterocycles. The van der Waals surface area contributed by atoms with Gasteiger partial charge in [-0.15, -0.1) is 0 Å². The van der Waals surface area contributed by atoms with Gasteiger partial charge < -0.3 is 14.2 Å². The van der Waals surface area contributed by atoms with Gasteiger partial charge in [0.15, 0.2) is 0 Å². The van der Waals surface area contributed by atoms with E-state index in [0.29, 0.717) is 12.4 Å². The number of hydrogen-bond donors (Lipinski definition) is 0. The van der Waals surface area contributed by atoms with Crippen molar-refractivity contribution in [1.29, 1.82) is 0 Å². The lowest BCUT2D eigenvalue weighted by Gasteiger charge is -2.15. The van der Waals surface area contributed by atoms with Crippen LogP contribution in [0, 0.1) is 13.8 Å². The summed E-state index contributed by atoms with van der Waals surface area (Å²) in [6.07, 6.45) is 0.164. The highest BCUT2D eigenvalue weighted by atomic mass is 16.7. The van der Waals surface area contributed by atoms with E-state index in [2.05, 4.69) is 24.7 Å². The van der Waals surface area contributed by atoms with Crippen molar-refractivity contribution in [2.75, 3.05) is 7.11 Å². The molecule has 0 atom stereocenters. The molecule has 0 radical (unpaired) electrons. The predicted octanol–water partition coefficient (Wildman–Crippen LogP) is 4.59. The molecule has 4 nitrogen and oxygen atoms in total. The van der Waals surface area contributed by atoms with Gasteiger partial charge in [-0.25, -0.2) is 4.79 Å². The van der Waals surface area contributed by atoms with Crippen LogP contribution in [0.4, 0.5) is 4.79 Å². The van der Waals surface area contributed by atoms with Crippen LogP contribution in [0.5, 0.6) is 11.5 Å². The lowest BCUT2D eigenvalue weighted by atomic mass is 10.1. The molecule has 2 aromatic carbocycles. The molecule has 0 amide bonds. The van der Waals surface area contributed by atoms with Gasteiger partial charge >= 0.3 is 6.16 Å². The number of carbonyl (C=O) groups excluding carboxylic acids is 1. The lowest BCUT2D eigenvalue weighted by Crippen LogP contribution is -2.11. The molecule has 0 N–H and O–H groups in total. The highest BCUT2D eigenvalue weighted by molar-refractivity contribution is 5.64. The van der Waals surface area contributed by atoms with E-state index in [-0.39, 0.29) is 0 Å². The van der Waals surface area contributed by atoms with Crippen LogP contribution in [-0.4, -0.2) is 13.3 Å². The predicted molar refractivity (Wildman–Crippen MR) is 89.1 cm³/mol. The molecule has 0 fully saturated rings. The molecule has 0 aromatic heterocycles. The van der Waals surface area contributed by atoms with Gasteiger partial charge in [0.1, 0.15) is 18.1 Å². The average molecular weight is 314 g/mol. The molecule has 0 bridgehead atoms. The Balaban J connectivity index is 2.22. The first-order chi connectivity index (χ1) is 11.0. The average Bonchev–Trinajstić information content (AvgIpc) is 2.55. The van der Waals surface area contributed by atoms with Crippen LogP contribution < -0.4 is 9.47 Å². The zero-order valence-corrected chi connectivity index (χ0v) is 14.0. The van der Waals surface area contributed by atoms with Crippen molar-refractivity contribution in [1.82, 2.24) is 0 Å². The van der Waals surface area contributed by atoms with Gasteiger partial charge in [0.25, 0.3) is 0 Å². The van der Waals surface area contributed by atoms with Crippen LogP contribution in [0.25, 0.3) is 0 Å². The number of carbonyl (C=O) groups is 1. The number of rotatable bonds is 5. The number of aryl methyl sites for hydroxylation is 3. The molecule has 0 aliphatic heterocycles. The van der Waals surface area contributed by atoms with Crippen LogP contribution in [0.3, 0.4) is 0 Å². The Hall–Kier alpha value is -2.49. The third kappa shape index (κ3) is 4.25. The Bertz CT molecular complexity index is 692. The van der Waals surface area contributed by atoms with Gasteiger partial charge in [0, 0.05) is 5.56 Å². The van der Waals surface area contributed by atoms with Crippen LogP contribution >= 0.6 is 0 Å². The van der Waals surface area contributed by atoms with Gasteiger partial charge in [-0.05, 0) is 43.5 Å². The topological polar surface area (TPSA) is 44.8 Å². The second-order valence-corrected chi connectivity index (χ2v) is 5.36. The minimum absolute atomic E-state index is 0.328. The van der Waals surface area contributed by atoms with E-state index in [1.165, 1.54) is 12.7 Å². The van der Waals surface area contributed by atoms with Crippen molar-refractivity contribution in [2.24, 2.45) is 0 Å². The second-order valence-electron chi connectivity index (χ2n) is 5.36. The normalized spacial score (nSPS) is 10.3. The van der Waals surface area contributed by atoms with Crippen LogP contribution in [-0.2, 0) is 17.8 Å². The summed E-state index contributed by atoms with van der Waals surface area (Å²) in [5.74, 6) is 1.31. The summed E-state index contributed by atoms with van der Waals surface area (Å²) < 4.78 is 15.7. The van der Waals surface area contributed by atoms with Crippen LogP contribution in [0.1, 0.15) is 29.2 Å². The quantitative estimate of drug-likeness (QED) is 0.598. The summed E-state index contributed by atoms with van der Waals surface area (Å²) in [6.45, 7) is 6.45. The highest BCUT2D eigenvalue weighted by Crippen LogP contribution is 2.27. The maximum atomic E-state index is 11.4. The van der Waals surface area contributed by atoms with Crippen molar-refractivity contribution in [3.8, 4) is 11.5 Å². The standard InChI is InChI=1S/C19H22O4/c1-5-15-11-13(2)9-10-17(15)22-12-16-14(3)7-6-8-18(16)23-19(20)21-4/h6-11H,5,12H2,1-4H3. The van der Waals surface area contributed by atoms with E-state index in [1.54, 1.807) is 6.07 Å². The molecule has 0 spiro atoms. The van der Waals surface area contributed by atoms with Gasteiger partial charge in [-0.1, -0.05) is 36.8 Å². The molecular formula is C19H22O4. The van der Waals surface area contributed by atoms with Crippen LogP contribution in [0.2, 0.25) is 0 Å². The number of methoxy groups -OCH3 is 1. The van der Waals surface area contributed by atoms with Crippen molar-refractivity contribution in [2.45, 2.75) is 33.8 Å². The fourth-order valence-electron chi connectivity index (χ4n) is 2.36. The molecule has 2 rings (SSSR count). The molecule has 0 saturated heterocycles. The Labute approximate surface area is 137 Å². The molecule has 0 aliphatic carbocycles. The Morgan fingerprint density at radius 1 is 1.09 bits per heavy atom. The molecular weight excluding hydrogens is 292 g/mol. The van der Waals surface area contributed by atoms with Gasteiger partial charge in [-0.2, -0.15) is 0 Å². The first-order valence-electron chi connectivity index (χ1n) is 7.61. The summed E-state index contributed by atoms with van der Waals surface area (Å²) in [5, 5.41) is 0. The minimum Gasteiger partial charge on any atom is -0.488 e. The van der Waals surface area contributed by atoms with Crippen molar-refractivity contribution in [3.63, 3.8) is 0 Å². The van der Waals surface area contributed by atoms with Crippen molar-refractivity contribution in [3.05, 3.63) is 58.7 Å². The highest BCUT2D eigenvalue weighted by Gasteiger charge is 2.13. The Morgan fingerprint density at radius 3 is 2.57 bits per heavy atom. The smallest absolute Gasteiger partial charge is 0.488 e. The van der Waals surface area contributed by atoms with E-state index in [0.717, 1.165) is 28.9 Å². The third-order valence-electron chi connectivity index (χ3n) is 3.70. The van der Waals surface area contributed by atoms with Crippen molar-refractivity contribution >= 4 is 6.16 Å². The first kappa shape index (κ1) is 16.9. The first-order valence-corrected chi connectivity index (χ1v) is 7.61. The van der Waals surface area contributed by atoms with Gasteiger partial charge in [0.05, 0.1) is 7.11 Å². The maximum Gasteiger partial charge on any atom is 0.513 e. The fraction of sp³-hybridized carbons (Fsp3) is 0.316. The van der Waals surface area contributed by atoms with Crippen LogP contribution in [0.15, 0.2) is 36.4 Å². The van der Waals surface area contributed by atoms with Gasteiger partial charge in [-0.3, -0.25) is 0 Å². The third-order valence-corrected chi connectivity index (χ3v) is 3.70. The lowest BCUT2D eigenvalue weighted by molar-refractivity contribution is 0.120. The SMILES string of the molecule is CCc1cc(C)ccc1OCc1c(C)cccc1OC(=O)OC. The number of hydrogen-bond acceptors (Lipinski definition) is 4. The molecule has 4 heteroatoms. The molecule has 122 valence electrons. The Kier molecular flexibility index (Phi) is 5.63. The minimum atomic E-state index is -0.735. The summed E-state index contributed by atoms with van der Waals surface area (Å²) in [6, 6.07) is 11.7. The monoisotopic (exact) mass is 314 g/mol. The Morgan fingerprint density at radius 2 is 1.87 bits per heavy atom. The van der Waals surface area contributed by atoms with Crippen molar-refractivity contribution < 1.29 is 19.0 Å². The van der Waals surface area contributed by atoms with E-state index >= 15 is 0 Å². The maximum absolute atomic E-state index is 11.4. The molecule has 0 aliphatic rings. The summed E-state index contributed by atoms with van der Waals surface area (Å²) in [7, 11) is 1.29.